The molecule has 1 unspecified atom stereocenters. The van der Waals surface area contributed by atoms with Crippen LogP contribution < -0.4 is 5.32 Å². The van der Waals surface area contributed by atoms with E-state index in [1.165, 1.54) is 11.8 Å². The number of nitrogens with zero attached hydrogens (tertiary/aromatic N) is 3. The van der Waals surface area contributed by atoms with Gasteiger partial charge in [0.25, 0.3) is 0 Å². The number of rotatable bonds is 4. The number of H-pyrrole nitrogens is 1. The first-order valence-corrected chi connectivity index (χ1v) is 6.83. The average Bonchev–Trinajstić information content (AvgIpc) is 2.85. The van der Waals surface area contributed by atoms with Gasteiger partial charge in [0.2, 0.25) is 11.1 Å². The van der Waals surface area contributed by atoms with Crippen molar-refractivity contribution in [2.24, 2.45) is 0 Å². The smallest absolute Gasteiger partial charge is 0.237 e. The van der Waals surface area contributed by atoms with Crippen molar-refractivity contribution >= 4 is 23.4 Å². The zero-order valence-corrected chi connectivity index (χ0v) is 11.9. The molecule has 2 N–H and O–H groups in total. The van der Waals surface area contributed by atoms with Crippen LogP contribution in [0.15, 0.2) is 29.4 Å². The molecular weight excluding hydrogens is 274 g/mol. The summed E-state index contributed by atoms with van der Waals surface area (Å²) in [7, 11) is 0. The quantitative estimate of drug-likeness (QED) is 0.840. The van der Waals surface area contributed by atoms with Crippen LogP contribution in [-0.2, 0) is 4.79 Å². The van der Waals surface area contributed by atoms with Crippen molar-refractivity contribution in [3.63, 3.8) is 0 Å². The van der Waals surface area contributed by atoms with E-state index in [4.69, 9.17) is 5.26 Å². The molecule has 0 aliphatic carbocycles. The zero-order chi connectivity index (χ0) is 14.5. The van der Waals surface area contributed by atoms with Gasteiger partial charge in [-0.3, -0.25) is 9.89 Å². The van der Waals surface area contributed by atoms with Crippen molar-refractivity contribution in [1.29, 1.82) is 5.26 Å². The molecule has 0 spiro atoms. The highest BCUT2D eigenvalue weighted by molar-refractivity contribution is 8.00. The van der Waals surface area contributed by atoms with Gasteiger partial charge in [0, 0.05) is 5.69 Å². The van der Waals surface area contributed by atoms with E-state index in [0.717, 1.165) is 0 Å². The van der Waals surface area contributed by atoms with Crippen molar-refractivity contribution in [2.45, 2.75) is 24.3 Å². The van der Waals surface area contributed by atoms with Crippen molar-refractivity contribution < 1.29 is 4.79 Å². The van der Waals surface area contributed by atoms with Crippen LogP contribution in [0.2, 0.25) is 0 Å². The van der Waals surface area contributed by atoms with Gasteiger partial charge in [-0.2, -0.15) is 5.26 Å². The molecule has 1 atom stereocenters. The van der Waals surface area contributed by atoms with E-state index in [1.807, 2.05) is 6.07 Å². The zero-order valence-electron chi connectivity index (χ0n) is 11.0. The molecule has 7 heteroatoms. The lowest BCUT2D eigenvalue weighted by Crippen LogP contribution is -2.22. The molecule has 1 heterocycles. The second kappa shape index (κ2) is 6.21. The molecule has 1 aromatic carbocycles. The number of nitrogens with one attached hydrogen (secondary N) is 2. The number of hydrogen-bond acceptors (Lipinski definition) is 5. The number of aryl methyl sites for hydroxylation is 1. The van der Waals surface area contributed by atoms with E-state index in [0.29, 0.717) is 22.2 Å². The largest absolute Gasteiger partial charge is 0.325 e. The van der Waals surface area contributed by atoms with Gasteiger partial charge in [-0.05, 0) is 38.1 Å². The first-order chi connectivity index (χ1) is 9.58. The summed E-state index contributed by atoms with van der Waals surface area (Å²) >= 11 is 1.28. The van der Waals surface area contributed by atoms with Crippen LogP contribution in [0.1, 0.15) is 18.3 Å². The van der Waals surface area contributed by atoms with Crippen LogP contribution in [0.5, 0.6) is 0 Å². The predicted octanol–water partition coefficient (Wildman–Crippen LogP) is 2.10. The Balaban J connectivity index is 1.95. The lowest BCUT2D eigenvalue weighted by Gasteiger charge is -2.10. The summed E-state index contributed by atoms with van der Waals surface area (Å²) in [6.07, 6.45) is 0. The Kier molecular flexibility index (Phi) is 4.38. The molecule has 102 valence electrons. The second-order valence-electron chi connectivity index (χ2n) is 4.14. The summed E-state index contributed by atoms with van der Waals surface area (Å²) in [5, 5.41) is 18.4. The number of carbonyl (C=O) groups is 1. The van der Waals surface area contributed by atoms with E-state index < -0.39 is 0 Å². The molecule has 0 aliphatic heterocycles. The van der Waals surface area contributed by atoms with E-state index in [-0.39, 0.29) is 11.2 Å². The molecule has 1 aromatic heterocycles. The summed E-state index contributed by atoms with van der Waals surface area (Å²) in [5.41, 5.74) is 1.22. The topological polar surface area (TPSA) is 94.5 Å². The molecule has 6 nitrogen and oxygen atoms in total. The Hall–Kier alpha value is -2.33. The Bertz CT molecular complexity index is 644. The molecule has 0 bridgehead atoms. The lowest BCUT2D eigenvalue weighted by atomic mass is 10.2. The molecular formula is C13H13N5OS. The third kappa shape index (κ3) is 3.59. The van der Waals surface area contributed by atoms with Gasteiger partial charge in [0.05, 0.1) is 16.9 Å². The lowest BCUT2D eigenvalue weighted by molar-refractivity contribution is -0.115. The minimum absolute atomic E-state index is 0.137. The number of anilines is 1. The minimum atomic E-state index is -0.319. The highest BCUT2D eigenvalue weighted by Gasteiger charge is 2.16. The van der Waals surface area contributed by atoms with Crippen LogP contribution in [0, 0.1) is 18.3 Å². The molecule has 2 aromatic rings. The van der Waals surface area contributed by atoms with Crippen LogP contribution in [0.4, 0.5) is 5.69 Å². The molecule has 0 fully saturated rings. The summed E-state index contributed by atoms with van der Waals surface area (Å²) < 4.78 is 0. The number of benzene rings is 1. The summed E-state index contributed by atoms with van der Waals surface area (Å²) in [4.78, 5) is 16.2. The predicted molar refractivity (Wildman–Crippen MR) is 76.2 cm³/mol. The van der Waals surface area contributed by atoms with Gasteiger partial charge in [-0.25, -0.2) is 4.98 Å². The van der Waals surface area contributed by atoms with Crippen LogP contribution in [0.25, 0.3) is 0 Å². The Morgan fingerprint density at radius 3 is 2.70 bits per heavy atom. The SMILES string of the molecule is Cc1nc(SC(C)C(=O)Nc2ccc(C#N)cc2)n[nH]1. The van der Waals surface area contributed by atoms with Crippen LogP contribution >= 0.6 is 11.8 Å². The van der Waals surface area contributed by atoms with Gasteiger partial charge < -0.3 is 5.32 Å². The highest BCUT2D eigenvalue weighted by Crippen LogP contribution is 2.20. The van der Waals surface area contributed by atoms with Crippen molar-refractivity contribution in [3.8, 4) is 6.07 Å². The summed E-state index contributed by atoms with van der Waals surface area (Å²) in [6.45, 7) is 3.59. The fourth-order valence-corrected chi connectivity index (χ4v) is 2.23. The van der Waals surface area contributed by atoms with E-state index in [9.17, 15) is 4.79 Å². The van der Waals surface area contributed by atoms with Gasteiger partial charge in [0.1, 0.15) is 5.82 Å². The number of aromatic amines is 1. The number of nitriles is 1. The number of carbonyl (C=O) groups excluding carboxylic acids is 1. The molecule has 20 heavy (non-hydrogen) atoms. The Morgan fingerprint density at radius 1 is 1.45 bits per heavy atom. The van der Waals surface area contributed by atoms with Gasteiger partial charge in [-0.1, -0.05) is 11.8 Å². The number of hydrogen-bond donors (Lipinski definition) is 2. The Labute approximate surface area is 120 Å². The second-order valence-corrected chi connectivity index (χ2v) is 5.45. The number of amides is 1. The first kappa shape index (κ1) is 14.1. The Morgan fingerprint density at radius 2 is 2.15 bits per heavy atom. The molecule has 0 saturated heterocycles. The highest BCUT2D eigenvalue weighted by atomic mass is 32.2. The molecule has 0 radical (unpaired) electrons. The average molecular weight is 287 g/mol. The molecule has 2 rings (SSSR count). The fourth-order valence-electron chi connectivity index (χ4n) is 1.46. The standard InChI is InChI=1S/C13H13N5OS/c1-8(20-13-15-9(2)17-18-13)12(19)16-11-5-3-10(7-14)4-6-11/h3-6,8H,1-2H3,(H,16,19)(H,15,17,18). The third-order valence-corrected chi connectivity index (χ3v) is 3.47. The van der Waals surface area contributed by atoms with E-state index in [2.05, 4.69) is 20.5 Å². The maximum atomic E-state index is 12.0. The van der Waals surface area contributed by atoms with Gasteiger partial charge in [-0.15, -0.1) is 5.10 Å². The maximum Gasteiger partial charge on any atom is 0.237 e. The van der Waals surface area contributed by atoms with Crippen LogP contribution in [0.3, 0.4) is 0 Å². The fraction of sp³-hybridized carbons (Fsp3) is 0.231. The summed E-state index contributed by atoms with van der Waals surface area (Å²) in [6, 6.07) is 8.74. The third-order valence-electron chi connectivity index (χ3n) is 2.51. The molecule has 0 saturated carbocycles. The van der Waals surface area contributed by atoms with Crippen LogP contribution in [-0.4, -0.2) is 26.3 Å². The van der Waals surface area contributed by atoms with Crippen molar-refractivity contribution in [1.82, 2.24) is 15.2 Å². The van der Waals surface area contributed by atoms with E-state index in [1.54, 1.807) is 38.1 Å². The minimum Gasteiger partial charge on any atom is -0.325 e. The number of thioether (sulfide) groups is 1. The summed E-state index contributed by atoms with van der Waals surface area (Å²) in [5.74, 6) is 0.578. The monoisotopic (exact) mass is 287 g/mol. The number of aromatic nitrogens is 3. The van der Waals surface area contributed by atoms with E-state index >= 15 is 0 Å². The first-order valence-electron chi connectivity index (χ1n) is 5.95. The van der Waals surface area contributed by atoms with Gasteiger partial charge >= 0.3 is 0 Å². The maximum absolute atomic E-state index is 12.0. The van der Waals surface area contributed by atoms with Gasteiger partial charge in [0.15, 0.2) is 0 Å². The van der Waals surface area contributed by atoms with Crippen molar-refractivity contribution in [3.05, 3.63) is 35.7 Å². The normalized spacial score (nSPS) is 11.7. The van der Waals surface area contributed by atoms with Crippen molar-refractivity contribution in [2.75, 3.05) is 5.32 Å². The molecule has 1 amide bonds. The molecule has 0 aliphatic rings.